The van der Waals surface area contributed by atoms with Gasteiger partial charge in [-0.25, -0.2) is 4.39 Å². The van der Waals surface area contributed by atoms with Crippen LogP contribution in [0.2, 0.25) is 0 Å². The molecule has 5 nitrogen and oxygen atoms in total. The molecule has 17 heavy (non-hydrogen) atoms. The van der Waals surface area contributed by atoms with Crippen molar-refractivity contribution in [1.29, 1.82) is 0 Å². The summed E-state index contributed by atoms with van der Waals surface area (Å²) in [5.74, 6) is -1.77. The number of hydrogen-bond donors (Lipinski definition) is 1. The molecule has 0 aliphatic carbocycles. The second-order valence-corrected chi connectivity index (χ2v) is 3.75. The predicted molar refractivity (Wildman–Crippen MR) is 58.1 cm³/mol. The third-order valence-corrected chi connectivity index (χ3v) is 2.67. The van der Waals surface area contributed by atoms with Crippen molar-refractivity contribution in [2.75, 3.05) is 31.1 Å². The van der Waals surface area contributed by atoms with Gasteiger partial charge < -0.3 is 10.2 Å². The van der Waals surface area contributed by atoms with Gasteiger partial charge in [-0.3, -0.25) is 10.1 Å². The molecule has 7 heteroatoms. The lowest BCUT2D eigenvalue weighted by Gasteiger charge is -2.29. The molecule has 0 aromatic heterocycles. The van der Waals surface area contributed by atoms with Gasteiger partial charge in [0.05, 0.1) is 16.7 Å². The monoisotopic (exact) mass is 243 g/mol. The second-order valence-electron chi connectivity index (χ2n) is 3.75. The van der Waals surface area contributed by atoms with Crippen molar-refractivity contribution in [3.8, 4) is 0 Å². The van der Waals surface area contributed by atoms with Crippen molar-refractivity contribution in [2.24, 2.45) is 0 Å². The third-order valence-electron chi connectivity index (χ3n) is 2.67. The first-order valence-electron chi connectivity index (χ1n) is 5.18. The van der Waals surface area contributed by atoms with Gasteiger partial charge in [0, 0.05) is 32.2 Å². The van der Waals surface area contributed by atoms with E-state index in [1.807, 2.05) is 0 Å². The number of hydrogen-bond acceptors (Lipinski definition) is 4. The minimum absolute atomic E-state index is 0.0783. The van der Waals surface area contributed by atoms with Gasteiger partial charge in [0.1, 0.15) is 0 Å². The number of benzene rings is 1. The van der Waals surface area contributed by atoms with Crippen molar-refractivity contribution >= 4 is 11.4 Å². The molecule has 1 fully saturated rings. The second kappa shape index (κ2) is 4.62. The molecular formula is C10H11F2N3O2. The molecule has 0 radical (unpaired) electrons. The smallest absolute Gasteiger partial charge is 0.307 e. The Morgan fingerprint density at radius 3 is 2.47 bits per heavy atom. The van der Waals surface area contributed by atoms with Gasteiger partial charge in [-0.05, 0) is 0 Å². The Morgan fingerprint density at radius 1 is 1.24 bits per heavy atom. The van der Waals surface area contributed by atoms with Crippen LogP contribution in [0.1, 0.15) is 0 Å². The summed E-state index contributed by atoms with van der Waals surface area (Å²) in [4.78, 5) is 11.2. The van der Waals surface area contributed by atoms with Gasteiger partial charge in [0.25, 0.3) is 0 Å². The van der Waals surface area contributed by atoms with Crippen LogP contribution in [0.4, 0.5) is 20.2 Å². The molecule has 0 amide bonds. The Labute approximate surface area is 96.2 Å². The van der Waals surface area contributed by atoms with E-state index in [9.17, 15) is 18.9 Å². The summed E-state index contributed by atoms with van der Waals surface area (Å²) >= 11 is 0. The van der Waals surface area contributed by atoms with Crippen molar-refractivity contribution in [2.45, 2.75) is 0 Å². The minimum atomic E-state index is -1.01. The summed E-state index contributed by atoms with van der Waals surface area (Å²) in [5, 5.41) is 13.5. The highest BCUT2D eigenvalue weighted by atomic mass is 19.1. The fraction of sp³-hybridized carbons (Fsp3) is 0.400. The van der Waals surface area contributed by atoms with Gasteiger partial charge in [-0.2, -0.15) is 4.39 Å². The molecule has 1 heterocycles. The van der Waals surface area contributed by atoms with Crippen LogP contribution in [0.25, 0.3) is 0 Å². The zero-order chi connectivity index (χ0) is 12.4. The highest BCUT2D eigenvalue weighted by Gasteiger charge is 2.22. The summed E-state index contributed by atoms with van der Waals surface area (Å²) in [6, 6.07) is 1.52. The van der Waals surface area contributed by atoms with Gasteiger partial charge in [0.15, 0.2) is 5.82 Å². The largest absolute Gasteiger partial charge is 0.367 e. The quantitative estimate of drug-likeness (QED) is 0.628. The van der Waals surface area contributed by atoms with E-state index < -0.39 is 22.2 Å². The van der Waals surface area contributed by atoms with E-state index >= 15 is 0 Å². The molecule has 0 unspecified atom stereocenters. The van der Waals surface area contributed by atoms with Crippen LogP contribution in [0.5, 0.6) is 0 Å². The molecule has 1 aliphatic rings. The molecular weight excluding hydrogens is 232 g/mol. The molecule has 1 saturated heterocycles. The van der Waals surface area contributed by atoms with Crippen LogP contribution in [0.3, 0.4) is 0 Å². The average Bonchev–Trinajstić information content (AvgIpc) is 2.32. The Balaban J connectivity index is 2.35. The first-order chi connectivity index (χ1) is 8.09. The first-order valence-corrected chi connectivity index (χ1v) is 5.18. The maximum atomic E-state index is 13.6. The Hall–Kier alpha value is -1.76. The molecule has 1 aliphatic heterocycles. The van der Waals surface area contributed by atoms with Crippen molar-refractivity contribution in [3.63, 3.8) is 0 Å². The van der Waals surface area contributed by atoms with Crippen LogP contribution in [0, 0.1) is 21.7 Å². The number of piperazine rings is 1. The number of nitrogens with zero attached hydrogens (tertiary/aromatic N) is 2. The molecule has 1 N–H and O–H groups in total. The molecule has 0 atom stereocenters. The minimum Gasteiger partial charge on any atom is -0.367 e. The predicted octanol–water partition coefficient (Wildman–Crippen LogP) is 1.28. The molecule has 0 spiro atoms. The van der Waals surface area contributed by atoms with E-state index in [2.05, 4.69) is 5.32 Å². The molecule has 1 aromatic carbocycles. The van der Waals surface area contributed by atoms with Gasteiger partial charge >= 0.3 is 5.69 Å². The number of nitro benzene ring substituents is 1. The molecule has 1 aromatic rings. The molecule has 2 rings (SSSR count). The van der Waals surface area contributed by atoms with Gasteiger partial charge in [0.2, 0.25) is 5.82 Å². The number of nitrogens with one attached hydrogen (secondary N) is 1. The summed E-state index contributed by atoms with van der Waals surface area (Å²) in [5.41, 5.74) is -0.754. The van der Waals surface area contributed by atoms with Crippen molar-refractivity contribution < 1.29 is 13.7 Å². The summed E-state index contributed by atoms with van der Waals surface area (Å²) < 4.78 is 27.0. The molecule has 0 bridgehead atoms. The maximum Gasteiger partial charge on any atom is 0.307 e. The van der Waals surface area contributed by atoms with Crippen molar-refractivity contribution in [1.82, 2.24) is 5.32 Å². The zero-order valence-electron chi connectivity index (χ0n) is 8.95. The van der Waals surface area contributed by atoms with Crippen LogP contribution >= 0.6 is 0 Å². The first kappa shape index (κ1) is 11.7. The Morgan fingerprint density at radius 2 is 1.88 bits per heavy atom. The number of anilines is 1. The van der Waals surface area contributed by atoms with Crippen LogP contribution in [-0.4, -0.2) is 31.1 Å². The Bertz CT molecular complexity index is 447. The Kier molecular flexibility index (Phi) is 3.19. The standard InChI is InChI=1S/C10H11F2N3O2/c11-7-6-10(15(16)17)8(12)5-9(7)14-3-1-13-2-4-14/h5-6,13H,1-4H2. The fourth-order valence-corrected chi connectivity index (χ4v) is 1.81. The van der Waals surface area contributed by atoms with E-state index in [0.717, 1.165) is 6.07 Å². The van der Waals surface area contributed by atoms with Crippen LogP contribution in [-0.2, 0) is 0 Å². The number of halogens is 2. The van der Waals surface area contributed by atoms with E-state index in [1.165, 1.54) is 0 Å². The highest BCUT2D eigenvalue weighted by Crippen LogP contribution is 2.27. The van der Waals surface area contributed by atoms with Crippen LogP contribution < -0.4 is 10.2 Å². The van der Waals surface area contributed by atoms with Gasteiger partial charge in [-0.15, -0.1) is 0 Å². The zero-order valence-corrected chi connectivity index (χ0v) is 8.95. The lowest BCUT2D eigenvalue weighted by atomic mass is 10.2. The van der Waals surface area contributed by atoms with Crippen LogP contribution in [0.15, 0.2) is 12.1 Å². The maximum absolute atomic E-state index is 13.6. The van der Waals surface area contributed by atoms with E-state index in [0.29, 0.717) is 32.2 Å². The summed E-state index contributed by atoms with van der Waals surface area (Å²) in [6.45, 7) is 2.46. The SMILES string of the molecule is O=[N+]([O-])c1cc(F)c(N2CCNCC2)cc1F. The van der Waals surface area contributed by atoms with E-state index in [1.54, 1.807) is 4.90 Å². The average molecular weight is 243 g/mol. The number of rotatable bonds is 2. The third kappa shape index (κ3) is 2.33. The summed E-state index contributed by atoms with van der Waals surface area (Å²) in [6.07, 6.45) is 0. The normalized spacial score (nSPS) is 16.0. The lowest BCUT2D eigenvalue weighted by molar-refractivity contribution is -0.387. The van der Waals surface area contributed by atoms with E-state index in [-0.39, 0.29) is 5.69 Å². The molecule has 0 saturated carbocycles. The lowest BCUT2D eigenvalue weighted by Crippen LogP contribution is -2.43. The topological polar surface area (TPSA) is 58.4 Å². The summed E-state index contributed by atoms with van der Waals surface area (Å²) in [7, 11) is 0. The fourth-order valence-electron chi connectivity index (χ4n) is 1.81. The number of nitro groups is 1. The van der Waals surface area contributed by atoms with E-state index in [4.69, 9.17) is 0 Å². The van der Waals surface area contributed by atoms with Gasteiger partial charge in [-0.1, -0.05) is 0 Å². The van der Waals surface area contributed by atoms with Crippen molar-refractivity contribution in [3.05, 3.63) is 33.9 Å². The highest BCUT2D eigenvalue weighted by molar-refractivity contribution is 5.53. The molecule has 92 valence electrons.